The standard InChI is InChI=1S/C13H10BrN3S/c1-8-5-11-12(15-7-8)17(13(18)16-11)10-4-2-3-9(14)6-10/h2-7H,1H3,(H,16,18). The number of nitrogens with one attached hydrogen (secondary N) is 1. The molecule has 0 bridgehead atoms. The van der Waals surface area contributed by atoms with Gasteiger partial charge in [0.15, 0.2) is 10.4 Å². The highest BCUT2D eigenvalue weighted by atomic mass is 79.9. The van der Waals surface area contributed by atoms with Crippen LogP contribution in [0, 0.1) is 11.7 Å². The Balaban J connectivity index is 2.35. The molecule has 18 heavy (non-hydrogen) atoms. The highest BCUT2D eigenvalue weighted by molar-refractivity contribution is 9.10. The molecular formula is C13H10BrN3S. The number of halogens is 1. The molecule has 90 valence electrons. The molecule has 0 fully saturated rings. The minimum atomic E-state index is 0.654. The van der Waals surface area contributed by atoms with E-state index in [0.29, 0.717) is 4.77 Å². The molecule has 0 saturated carbocycles. The van der Waals surface area contributed by atoms with Gasteiger partial charge < -0.3 is 4.98 Å². The Kier molecular flexibility index (Phi) is 2.80. The number of fused-ring (bicyclic) bond motifs is 1. The number of aryl methyl sites for hydroxylation is 1. The van der Waals surface area contributed by atoms with Gasteiger partial charge in [0.2, 0.25) is 0 Å². The van der Waals surface area contributed by atoms with Crippen LogP contribution in [0.3, 0.4) is 0 Å². The minimum absolute atomic E-state index is 0.654. The lowest BCUT2D eigenvalue weighted by Crippen LogP contribution is -1.95. The molecular weight excluding hydrogens is 310 g/mol. The normalized spacial score (nSPS) is 11.0. The zero-order chi connectivity index (χ0) is 12.7. The van der Waals surface area contributed by atoms with E-state index in [1.807, 2.05) is 48.0 Å². The number of aromatic nitrogens is 3. The highest BCUT2D eigenvalue weighted by Gasteiger charge is 2.07. The fraction of sp³-hybridized carbons (Fsp3) is 0.0769. The Bertz CT molecular complexity index is 788. The van der Waals surface area contributed by atoms with Crippen LogP contribution in [-0.2, 0) is 0 Å². The zero-order valence-electron chi connectivity index (χ0n) is 9.64. The molecule has 0 aliphatic heterocycles. The smallest absolute Gasteiger partial charge is 0.183 e. The van der Waals surface area contributed by atoms with Crippen LogP contribution in [-0.4, -0.2) is 14.5 Å². The first-order chi connectivity index (χ1) is 8.65. The van der Waals surface area contributed by atoms with Crippen molar-refractivity contribution in [2.24, 2.45) is 0 Å². The molecule has 1 N–H and O–H groups in total. The predicted molar refractivity (Wildman–Crippen MR) is 78.7 cm³/mol. The second-order valence-electron chi connectivity index (χ2n) is 4.13. The summed E-state index contributed by atoms with van der Waals surface area (Å²) < 4.78 is 3.61. The third-order valence-electron chi connectivity index (χ3n) is 2.73. The first kappa shape index (κ1) is 11.6. The lowest BCUT2D eigenvalue weighted by molar-refractivity contribution is 1.04. The summed E-state index contributed by atoms with van der Waals surface area (Å²) in [6.07, 6.45) is 1.85. The minimum Gasteiger partial charge on any atom is -0.329 e. The van der Waals surface area contributed by atoms with Crippen LogP contribution in [0.2, 0.25) is 0 Å². The summed E-state index contributed by atoms with van der Waals surface area (Å²) in [4.78, 5) is 7.64. The molecule has 5 heteroatoms. The first-order valence-corrected chi connectivity index (χ1v) is 6.68. The summed E-state index contributed by atoms with van der Waals surface area (Å²) in [6.45, 7) is 2.01. The number of aromatic amines is 1. The molecule has 0 amide bonds. The van der Waals surface area contributed by atoms with Gasteiger partial charge in [0.25, 0.3) is 0 Å². The highest BCUT2D eigenvalue weighted by Crippen LogP contribution is 2.21. The Morgan fingerprint density at radius 1 is 1.33 bits per heavy atom. The Morgan fingerprint density at radius 3 is 2.94 bits per heavy atom. The van der Waals surface area contributed by atoms with Gasteiger partial charge in [-0.25, -0.2) is 4.98 Å². The van der Waals surface area contributed by atoms with Gasteiger partial charge in [-0.05, 0) is 49.0 Å². The van der Waals surface area contributed by atoms with Crippen molar-refractivity contribution < 1.29 is 0 Å². The van der Waals surface area contributed by atoms with Crippen molar-refractivity contribution in [2.45, 2.75) is 6.92 Å². The molecule has 0 spiro atoms. The SMILES string of the molecule is Cc1cnc2c(c1)[nH]c(=S)n2-c1cccc(Br)c1. The van der Waals surface area contributed by atoms with Crippen molar-refractivity contribution >= 4 is 39.3 Å². The van der Waals surface area contributed by atoms with Crippen LogP contribution in [0.15, 0.2) is 41.0 Å². The van der Waals surface area contributed by atoms with Gasteiger partial charge in [-0.1, -0.05) is 22.0 Å². The molecule has 0 aliphatic rings. The van der Waals surface area contributed by atoms with Crippen molar-refractivity contribution in [3.05, 3.63) is 51.3 Å². The number of rotatable bonds is 1. The molecule has 0 atom stereocenters. The second-order valence-corrected chi connectivity index (χ2v) is 5.43. The predicted octanol–water partition coefficient (Wildman–Crippen LogP) is 4.15. The molecule has 0 aliphatic carbocycles. The van der Waals surface area contributed by atoms with Crippen LogP contribution < -0.4 is 0 Å². The van der Waals surface area contributed by atoms with E-state index in [1.54, 1.807) is 0 Å². The summed E-state index contributed by atoms with van der Waals surface area (Å²) in [7, 11) is 0. The summed E-state index contributed by atoms with van der Waals surface area (Å²) in [6, 6.07) is 10.0. The third kappa shape index (κ3) is 1.89. The molecule has 3 rings (SSSR count). The summed E-state index contributed by atoms with van der Waals surface area (Å²) in [5.41, 5.74) is 3.92. The van der Waals surface area contributed by atoms with Crippen LogP contribution in [0.1, 0.15) is 5.56 Å². The van der Waals surface area contributed by atoms with Crippen molar-refractivity contribution in [3.63, 3.8) is 0 Å². The van der Waals surface area contributed by atoms with Crippen molar-refractivity contribution in [1.82, 2.24) is 14.5 Å². The zero-order valence-corrected chi connectivity index (χ0v) is 12.0. The van der Waals surface area contributed by atoms with Gasteiger partial charge in [-0.2, -0.15) is 0 Å². The summed E-state index contributed by atoms with van der Waals surface area (Å²) in [5, 5.41) is 0. The molecule has 3 nitrogen and oxygen atoms in total. The Labute approximate surface area is 118 Å². The monoisotopic (exact) mass is 319 g/mol. The maximum atomic E-state index is 5.37. The molecule has 1 aromatic carbocycles. The number of nitrogens with zero attached hydrogens (tertiary/aromatic N) is 2. The second kappa shape index (κ2) is 4.33. The van der Waals surface area contributed by atoms with Gasteiger partial charge >= 0.3 is 0 Å². The van der Waals surface area contributed by atoms with Crippen LogP contribution in [0.4, 0.5) is 0 Å². The summed E-state index contributed by atoms with van der Waals surface area (Å²) in [5.74, 6) is 0. The molecule has 0 radical (unpaired) electrons. The molecule has 3 aromatic rings. The van der Waals surface area contributed by atoms with E-state index in [1.165, 1.54) is 0 Å². The first-order valence-electron chi connectivity index (χ1n) is 5.48. The number of hydrogen-bond acceptors (Lipinski definition) is 2. The van der Waals surface area contributed by atoms with Crippen LogP contribution in [0.5, 0.6) is 0 Å². The van der Waals surface area contributed by atoms with Gasteiger partial charge in [-0.15, -0.1) is 0 Å². The lowest BCUT2D eigenvalue weighted by Gasteiger charge is -2.04. The van der Waals surface area contributed by atoms with Crippen molar-refractivity contribution in [2.75, 3.05) is 0 Å². The van der Waals surface area contributed by atoms with Crippen LogP contribution >= 0.6 is 28.1 Å². The van der Waals surface area contributed by atoms with E-state index >= 15 is 0 Å². The van der Waals surface area contributed by atoms with E-state index in [0.717, 1.165) is 26.9 Å². The average Bonchev–Trinajstić information content (AvgIpc) is 2.64. The number of H-pyrrole nitrogens is 1. The van der Waals surface area contributed by atoms with E-state index in [-0.39, 0.29) is 0 Å². The van der Waals surface area contributed by atoms with E-state index in [4.69, 9.17) is 12.2 Å². The maximum absolute atomic E-state index is 5.37. The fourth-order valence-corrected chi connectivity index (χ4v) is 2.64. The topological polar surface area (TPSA) is 33.6 Å². The Morgan fingerprint density at radius 2 is 2.17 bits per heavy atom. The van der Waals surface area contributed by atoms with E-state index in [9.17, 15) is 0 Å². The number of pyridine rings is 1. The van der Waals surface area contributed by atoms with Gasteiger partial charge in [0.05, 0.1) is 11.2 Å². The van der Waals surface area contributed by atoms with Gasteiger partial charge in [0.1, 0.15) is 0 Å². The lowest BCUT2D eigenvalue weighted by atomic mass is 10.3. The maximum Gasteiger partial charge on any atom is 0.183 e. The van der Waals surface area contributed by atoms with Crippen molar-refractivity contribution in [3.8, 4) is 5.69 Å². The average molecular weight is 320 g/mol. The fourth-order valence-electron chi connectivity index (χ4n) is 1.95. The largest absolute Gasteiger partial charge is 0.329 e. The number of benzene rings is 1. The molecule has 0 saturated heterocycles. The van der Waals surface area contributed by atoms with Crippen LogP contribution in [0.25, 0.3) is 16.9 Å². The number of imidazole rings is 1. The third-order valence-corrected chi connectivity index (χ3v) is 3.50. The van der Waals surface area contributed by atoms with E-state index < -0.39 is 0 Å². The van der Waals surface area contributed by atoms with Gasteiger partial charge in [-0.3, -0.25) is 4.57 Å². The molecule has 0 unspecified atom stereocenters. The quantitative estimate of drug-likeness (QED) is 0.683. The van der Waals surface area contributed by atoms with Crippen molar-refractivity contribution in [1.29, 1.82) is 0 Å². The number of hydrogen-bond donors (Lipinski definition) is 1. The molecule has 2 aromatic heterocycles. The van der Waals surface area contributed by atoms with Gasteiger partial charge in [0, 0.05) is 10.7 Å². The summed E-state index contributed by atoms with van der Waals surface area (Å²) >= 11 is 8.84. The molecule has 2 heterocycles. The Hall–Kier alpha value is -1.46. The van der Waals surface area contributed by atoms with E-state index in [2.05, 4.69) is 25.9 Å².